The molecule has 1 rings (SSSR count). The van der Waals surface area contributed by atoms with Crippen LogP contribution in [0.1, 0.15) is 26.3 Å². The van der Waals surface area contributed by atoms with Crippen LogP contribution in [0.3, 0.4) is 0 Å². The third-order valence-electron chi connectivity index (χ3n) is 2.50. The Kier molecular flexibility index (Phi) is 4.52. The molecule has 0 atom stereocenters. The van der Waals surface area contributed by atoms with Crippen molar-refractivity contribution in [1.82, 2.24) is 5.32 Å². The van der Waals surface area contributed by atoms with Crippen LogP contribution in [-0.2, 0) is 16.1 Å². The monoisotopic (exact) mass is 237 g/mol. The smallest absolute Gasteiger partial charge is 0.325 e. The van der Waals surface area contributed by atoms with Crippen molar-refractivity contribution in [2.75, 3.05) is 6.61 Å². The van der Waals surface area contributed by atoms with Gasteiger partial charge in [0.2, 0.25) is 0 Å². The van der Waals surface area contributed by atoms with Gasteiger partial charge in [-0.15, -0.1) is 0 Å². The molecule has 0 heterocycles. The molecule has 1 aromatic rings. The molecule has 0 amide bonds. The largest absolute Gasteiger partial charge is 0.508 e. The standard InChI is InChI=1S/C13H19NO3/c1-4-17-12(16)13(2,3)14-9-10-7-5-6-8-11(10)15/h5-8,14-15H,4,9H2,1-3H3. The second kappa shape index (κ2) is 5.68. The molecule has 0 saturated heterocycles. The molecule has 2 N–H and O–H groups in total. The molecule has 0 aromatic heterocycles. The number of aromatic hydroxyl groups is 1. The number of esters is 1. The van der Waals surface area contributed by atoms with E-state index in [2.05, 4.69) is 5.32 Å². The predicted octanol–water partition coefficient (Wildman–Crippen LogP) is 1.82. The molecule has 0 aliphatic carbocycles. The summed E-state index contributed by atoms with van der Waals surface area (Å²) < 4.78 is 4.96. The Bertz CT molecular complexity index is 388. The number of carbonyl (C=O) groups is 1. The summed E-state index contributed by atoms with van der Waals surface area (Å²) in [6.45, 7) is 6.06. The van der Waals surface area contributed by atoms with Crippen molar-refractivity contribution in [3.05, 3.63) is 29.8 Å². The molecule has 0 unspecified atom stereocenters. The molecule has 0 saturated carbocycles. The van der Waals surface area contributed by atoms with E-state index in [-0.39, 0.29) is 11.7 Å². The van der Waals surface area contributed by atoms with Crippen LogP contribution < -0.4 is 5.32 Å². The van der Waals surface area contributed by atoms with E-state index >= 15 is 0 Å². The van der Waals surface area contributed by atoms with E-state index in [1.54, 1.807) is 32.9 Å². The third-order valence-corrected chi connectivity index (χ3v) is 2.50. The van der Waals surface area contributed by atoms with Gasteiger partial charge in [0.25, 0.3) is 0 Å². The maximum absolute atomic E-state index is 11.6. The molecule has 0 aliphatic rings. The van der Waals surface area contributed by atoms with Gasteiger partial charge in [-0.2, -0.15) is 0 Å². The van der Waals surface area contributed by atoms with Crippen LogP contribution in [0.15, 0.2) is 24.3 Å². The first kappa shape index (κ1) is 13.5. The second-order valence-corrected chi connectivity index (χ2v) is 4.33. The summed E-state index contributed by atoms with van der Waals surface area (Å²) in [7, 11) is 0. The Balaban J connectivity index is 2.61. The maximum atomic E-state index is 11.6. The molecule has 1 aromatic carbocycles. The fourth-order valence-corrected chi connectivity index (χ4v) is 1.36. The number of carbonyl (C=O) groups excluding carboxylic acids is 1. The normalized spacial score (nSPS) is 11.2. The lowest BCUT2D eigenvalue weighted by atomic mass is 10.1. The second-order valence-electron chi connectivity index (χ2n) is 4.33. The summed E-state index contributed by atoms with van der Waals surface area (Å²) in [5.41, 5.74) is -0.0111. The van der Waals surface area contributed by atoms with Gasteiger partial charge in [-0.3, -0.25) is 10.1 Å². The lowest BCUT2D eigenvalue weighted by molar-refractivity contribution is -0.149. The first-order chi connectivity index (χ1) is 7.97. The van der Waals surface area contributed by atoms with Gasteiger partial charge in [0.15, 0.2) is 0 Å². The van der Waals surface area contributed by atoms with E-state index in [9.17, 15) is 9.90 Å². The first-order valence-corrected chi connectivity index (χ1v) is 5.66. The number of rotatable bonds is 5. The Morgan fingerprint density at radius 3 is 2.65 bits per heavy atom. The van der Waals surface area contributed by atoms with Gasteiger partial charge in [-0.25, -0.2) is 0 Å². The van der Waals surface area contributed by atoms with Gasteiger partial charge < -0.3 is 9.84 Å². The number of phenols is 1. The van der Waals surface area contributed by atoms with E-state index < -0.39 is 5.54 Å². The van der Waals surface area contributed by atoms with E-state index in [0.717, 1.165) is 5.56 Å². The molecule has 0 bridgehead atoms. The van der Waals surface area contributed by atoms with Crippen LogP contribution in [0.5, 0.6) is 5.75 Å². The van der Waals surface area contributed by atoms with Crippen molar-refractivity contribution in [3.63, 3.8) is 0 Å². The van der Waals surface area contributed by atoms with Gasteiger partial charge in [0.05, 0.1) is 6.61 Å². The van der Waals surface area contributed by atoms with E-state index in [1.165, 1.54) is 0 Å². The van der Waals surface area contributed by atoms with Crippen LogP contribution >= 0.6 is 0 Å². The topological polar surface area (TPSA) is 58.6 Å². The van der Waals surface area contributed by atoms with Crippen molar-refractivity contribution in [3.8, 4) is 5.75 Å². The zero-order valence-corrected chi connectivity index (χ0v) is 10.5. The highest BCUT2D eigenvalue weighted by molar-refractivity contribution is 5.79. The Hall–Kier alpha value is -1.55. The average Bonchev–Trinajstić information content (AvgIpc) is 2.28. The Morgan fingerprint density at radius 1 is 1.41 bits per heavy atom. The van der Waals surface area contributed by atoms with Gasteiger partial charge in [0.1, 0.15) is 11.3 Å². The average molecular weight is 237 g/mol. The number of hydrogen-bond acceptors (Lipinski definition) is 4. The fraction of sp³-hybridized carbons (Fsp3) is 0.462. The molecule has 17 heavy (non-hydrogen) atoms. The van der Waals surface area contributed by atoms with Crippen LogP contribution in [-0.4, -0.2) is 23.2 Å². The minimum Gasteiger partial charge on any atom is -0.508 e. The molecule has 0 radical (unpaired) electrons. The summed E-state index contributed by atoms with van der Waals surface area (Å²) >= 11 is 0. The quantitative estimate of drug-likeness (QED) is 0.767. The van der Waals surface area contributed by atoms with Crippen molar-refractivity contribution in [1.29, 1.82) is 0 Å². The Morgan fingerprint density at radius 2 is 2.06 bits per heavy atom. The molecule has 0 aliphatic heterocycles. The van der Waals surface area contributed by atoms with E-state index in [0.29, 0.717) is 13.2 Å². The zero-order chi connectivity index (χ0) is 12.9. The number of benzene rings is 1. The van der Waals surface area contributed by atoms with Crippen molar-refractivity contribution in [2.45, 2.75) is 32.9 Å². The zero-order valence-electron chi connectivity index (χ0n) is 10.5. The van der Waals surface area contributed by atoms with Gasteiger partial charge in [-0.05, 0) is 26.8 Å². The summed E-state index contributed by atoms with van der Waals surface area (Å²) in [6.07, 6.45) is 0. The van der Waals surface area contributed by atoms with Crippen LogP contribution in [0.2, 0.25) is 0 Å². The predicted molar refractivity (Wildman–Crippen MR) is 65.7 cm³/mol. The summed E-state index contributed by atoms with van der Waals surface area (Å²) in [5.74, 6) is -0.0740. The molecule has 0 spiro atoms. The lowest BCUT2D eigenvalue weighted by Crippen LogP contribution is -2.47. The number of para-hydroxylation sites is 1. The van der Waals surface area contributed by atoms with Crippen LogP contribution in [0, 0.1) is 0 Å². The van der Waals surface area contributed by atoms with Crippen molar-refractivity contribution < 1.29 is 14.6 Å². The minimum absolute atomic E-state index is 0.222. The number of phenolic OH excluding ortho intramolecular Hbond substituents is 1. The SMILES string of the molecule is CCOC(=O)C(C)(C)NCc1ccccc1O. The molecule has 94 valence electrons. The van der Waals surface area contributed by atoms with Gasteiger partial charge in [-0.1, -0.05) is 18.2 Å². The molecule has 4 heteroatoms. The molecule has 0 fully saturated rings. The summed E-state index contributed by atoms with van der Waals surface area (Å²) in [4.78, 5) is 11.6. The number of ether oxygens (including phenoxy) is 1. The van der Waals surface area contributed by atoms with Crippen molar-refractivity contribution in [2.24, 2.45) is 0 Å². The fourth-order valence-electron chi connectivity index (χ4n) is 1.36. The van der Waals surface area contributed by atoms with Gasteiger partial charge >= 0.3 is 5.97 Å². The molecular weight excluding hydrogens is 218 g/mol. The highest BCUT2D eigenvalue weighted by atomic mass is 16.5. The Labute approximate surface area is 102 Å². The van der Waals surface area contributed by atoms with Crippen molar-refractivity contribution >= 4 is 5.97 Å². The first-order valence-electron chi connectivity index (χ1n) is 5.66. The lowest BCUT2D eigenvalue weighted by Gasteiger charge is -2.24. The highest BCUT2D eigenvalue weighted by Gasteiger charge is 2.28. The van der Waals surface area contributed by atoms with E-state index in [4.69, 9.17) is 4.74 Å². The molecular formula is C13H19NO3. The van der Waals surface area contributed by atoms with Gasteiger partial charge in [0, 0.05) is 12.1 Å². The number of hydrogen-bond donors (Lipinski definition) is 2. The highest BCUT2D eigenvalue weighted by Crippen LogP contribution is 2.16. The maximum Gasteiger partial charge on any atom is 0.325 e. The third kappa shape index (κ3) is 3.75. The molecule has 4 nitrogen and oxygen atoms in total. The van der Waals surface area contributed by atoms with E-state index in [1.807, 2.05) is 12.1 Å². The number of nitrogens with one attached hydrogen (secondary N) is 1. The summed E-state index contributed by atoms with van der Waals surface area (Å²) in [6, 6.07) is 7.03. The summed E-state index contributed by atoms with van der Waals surface area (Å²) in [5, 5.41) is 12.7. The minimum atomic E-state index is -0.766. The van der Waals surface area contributed by atoms with Crippen LogP contribution in [0.4, 0.5) is 0 Å². The van der Waals surface area contributed by atoms with Crippen LogP contribution in [0.25, 0.3) is 0 Å².